The molecule has 0 aliphatic carbocycles. The van der Waals surface area contributed by atoms with Crippen LogP contribution in [0.4, 0.5) is 5.88 Å². The van der Waals surface area contributed by atoms with Gasteiger partial charge in [0, 0.05) is 25.1 Å². The number of anilines is 1. The third kappa shape index (κ3) is 1.75. The topological polar surface area (TPSA) is 55.3 Å². The lowest BCUT2D eigenvalue weighted by Gasteiger charge is -2.18. The molecular formula is C10H17N3O. The summed E-state index contributed by atoms with van der Waals surface area (Å²) >= 11 is 0. The minimum absolute atomic E-state index is 0.512. The molecule has 0 saturated carbocycles. The van der Waals surface area contributed by atoms with Gasteiger partial charge in [-0.15, -0.1) is 0 Å². The standard InChI is InChI=1S/C10H17N3O/c1-2-5-13-6-3-8-9(4-7-13)12-14-10(8)11/h2-7,11H2,1H3. The molecular weight excluding hydrogens is 178 g/mol. The molecule has 14 heavy (non-hydrogen) atoms. The fourth-order valence-electron chi connectivity index (χ4n) is 2.01. The maximum atomic E-state index is 5.70. The first kappa shape index (κ1) is 9.52. The zero-order valence-electron chi connectivity index (χ0n) is 8.62. The van der Waals surface area contributed by atoms with Crippen molar-refractivity contribution in [3.8, 4) is 0 Å². The van der Waals surface area contributed by atoms with Gasteiger partial charge in [-0.05, 0) is 19.4 Å². The Morgan fingerprint density at radius 2 is 2.21 bits per heavy atom. The van der Waals surface area contributed by atoms with Gasteiger partial charge in [0.05, 0.1) is 5.69 Å². The Morgan fingerprint density at radius 3 is 3.00 bits per heavy atom. The third-order valence-corrected chi connectivity index (χ3v) is 2.78. The first-order chi connectivity index (χ1) is 6.81. The summed E-state index contributed by atoms with van der Waals surface area (Å²) in [5.74, 6) is 0.512. The van der Waals surface area contributed by atoms with Crippen molar-refractivity contribution in [1.29, 1.82) is 0 Å². The van der Waals surface area contributed by atoms with Gasteiger partial charge in [-0.1, -0.05) is 12.1 Å². The van der Waals surface area contributed by atoms with Crippen molar-refractivity contribution in [2.24, 2.45) is 0 Å². The molecule has 1 aromatic heterocycles. The first-order valence-corrected chi connectivity index (χ1v) is 5.26. The summed E-state index contributed by atoms with van der Waals surface area (Å²) in [6.45, 7) is 5.53. The number of nitrogens with two attached hydrogens (primary N) is 1. The molecule has 78 valence electrons. The molecule has 4 heteroatoms. The van der Waals surface area contributed by atoms with Crippen LogP contribution in [0, 0.1) is 0 Å². The average molecular weight is 195 g/mol. The zero-order chi connectivity index (χ0) is 9.97. The number of hydrogen-bond donors (Lipinski definition) is 1. The van der Waals surface area contributed by atoms with E-state index in [2.05, 4.69) is 17.0 Å². The molecule has 0 amide bonds. The fraction of sp³-hybridized carbons (Fsp3) is 0.700. The molecule has 1 aromatic rings. The number of nitrogen functional groups attached to an aromatic ring is 1. The van der Waals surface area contributed by atoms with Crippen molar-refractivity contribution in [2.75, 3.05) is 25.4 Å². The fourth-order valence-corrected chi connectivity index (χ4v) is 2.01. The Labute approximate surface area is 84.0 Å². The van der Waals surface area contributed by atoms with Crippen molar-refractivity contribution >= 4 is 5.88 Å². The smallest absolute Gasteiger partial charge is 0.225 e. The number of aromatic nitrogens is 1. The highest BCUT2D eigenvalue weighted by molar-refractivity contribution is 5.39. The Morgan fingerprint density at radius 1 is 1.43 bits per heavy atom. The largest absolute Gasteiger partial charge is 0.367 e. The van der Waals surface area contributed by atoms with Crippen LogP contribution in [-0.4, -0.2) is 29.7 Å². The molecule has 1 aliphatic heterocycles. The normalized spacial score (nSPS) is 17.8. The quantitative estimate of drug-likeness (QED) is 0.767. The van der Waals surface area contributed by atoms with E-state index in [0.717, 1.165) is 37.2 Å². The van der Waals surface area contributed by atoms with E-state index in [9.17, 15) is 0 Å². The summed E-state index contributed by atoms with van der Waals surface area (Å²) < 4.78 is 4.98. The predicted octanol–water partition coefficient (Wildman–Crippen LogP) is 1.07. The van der Waals surface area contributed by atoms with Gasteiger partial charge in [0.1, 0.15) is 0 Å². The molecule has 4 nitrogen and oxygen atoms in total. The number of hydrogen-bond acceptors (Lipinski definition) is 4. The van der Waals surface area contributed by atoms with Crippen LogP contribution in [0.5, 0.6) is 0 Å². The van der Waals surface area contributed by atoms with Crippen LogP contribution in [0.1, 0.15) is 24.6 Å². The van der Waals surface area contributed by atoms with Gasteiger partial charge >= 0.3 is 0 Å². The van der Waals surface area contributed by atoms with Crippen LogP contribution in [-0.2, 0) is 12.8 Å². The highest BCUT2D eigenvalue weighted by atomic mass is 16.5. The minimum Gasteiger partial charge on any atom is -0.367 e. The molecule has 2 heterocycles. The summed E-state index contributed by atoms with van der Waals surface area (Å²) in [7, 11) is 0. The molecule has 0 spiro atoms. The minimum atomic E-state index is 0.512. The number of rotatable bonds is 2. The summed E-state index contributed by atoms with van der Waals surface area (Å²) in [5.41, 5.74) is 7.89. The molecule has 2 N–H and O–H groups in total. The zero-order valence-corrected chi connectivity index (χ0v) is 8.62. The highest BCUT2D eigenvalue weighted by Gasteiger charge is 2.19. The van der Waals surface area contributed by atoms with Crippen LogP contribution < -0.4 is 5.73 Å². The molecule has 0 aromatic carbocycles. The van der Waals surface area contributed by atoms with Crippen molar-refractivity contribution in [1.82, 2.24) is 10.1 Å². The van der Waals surface area contributed by atoms with Crippen LogP contribution in [0.15, 0.2) is 4.52 Å². The lowest BCUT2D eigenvalue weighted by molar-refractivity contribution is 0.284. The first-order valence-electron chi connectivity index (χ1n) is 5.26. The maximum Gasteiger partial charge on any atom is 0.225 e. The summed E-state index contributed by atoms with van der Waals surface area (Å²) in [4.78, 5) is 2.46. The van der Waals surface area contributed by atoms with E-state index in [1.165, 1.54) is 13.0 Å². The molecule has 0 radical (unpaired) electrons. The third-order valence-electron chi connectivity index (χ3n) is 2.78. The lowest BCUT2D eigenvalue weighted by Crippen LogP contribution is -2.27. The molecule has 0 fully saturated rings. The van der Waals surface area contributed by atoms with Gasteiger partial charge < -0.3 is 15.2 Å². The van der Waals surface area contributed by atoms with Gasteiger partial charge in [0.15, 0.2) is 0 Å². The van der Waals surface area contributed by atoms with Gasteiger partial charge in [-0.25, -0.2) is 0 Å². The van der Waals surface area contributed by atoms with Gasteiger partial charge in [-0.3, -0.25) is 0 Å². The Kier molecular flexibility index (Phi) is 2.72. The SMILES string of the molecule is CCCN1CCc2noc(N)c2CC1. The second kappa shape index (κ2) is 4.00. The lowest BCUT2D eigenvalue weighted by atomic mass is 10.1. The van der Waals surface area contributed by atoms with Gasteiger partial charge in [0.25, 0.3) is 0 Å². The van der Waals surface area contributed by atoms with E-state index in [4.69, 9.17) is 10.3 Å². The number of fused-ring (bicyclic) bond motifs is 1. The second-order valence-electron chi connectivity index (χ2n) is 3.81. The Bertz CT molecular complexity index is 308. The monoisotopic (exact) mass is 195 g/mol. The van der Waals surface area contributed by atoms with E-state index in [0.29, 0.717) is 5.88 Å². The van der Waals surface area contributed by atoms with Crippen LogP contribution in [0.2, 0.25) is 0 Å². The van der Waals surface area contributed by atoms with E-state index in [1.807, 2.05) is 0 Å². The van der Waals surface area contributed by atoms with Crippen molar-refractivity contribution < 1.29 is 4.52 Å². The molecule has 2 rings (SSSR count). The molecule has 0 saturated heterocycles. The predicted molar refractivity (Wildman–Crippen MR) is 55.1 cm³/mol. The summed E-state index contributed by atoms with van der Waals surface area (Å²) in [6, 6.07) is 0. The van der Waals surface area contributed by atoms with Crippen LogP contribution in [0.3, 0.4) is 0 Å². The van der Waals surface area contributed by atoms with Gasteiger partial charge in [-0.2, -0.15) is 0 Å². The molecule has 0 unspecified atom stereocenters. The average Bonchev–Trinajstić information content (AvgIpc) is 2.42. The second-order valence-corrected chi connectivity index (χ2v) is 3.81. The number of nitrogens with zero attached hydrogens (tertiary/aromatic N) is 2. The van der Waals surface area contributed by atoms with E-state index < -0.39 is 0 Å². The van der Waals surface area contributed by atoms with E-state index in [-0.39, 0.29) is 0 Å². The van der Waals surface area contributed by atoms with Crippen LogP contribution >= 0.6 is 0 Å². The van der Waals surface area contributed by atoms with Crippen molar-refractivity contribution in [3.05, 3.63) is 11.3 Å². The van der Waals surface area contributed by atoms with E-state index in [1.54, 1.807) is 0 Å². The summed E-state index contributed by atoms with van der Waals surface area (Å²) in [6.07, 6.45) is 3.15. The molecule has 0 bridgehead atoms. The van der Waals surface area contributed by atoms with Crippen molar-refractivity contribution in [2.45, 2.75) is 26.2 Å². The van der Waals surface area contributed by atoms with Crippen molar-refractivity contribution in [3.63, 3.8) is 0 Å². The highest BCUT2D eigenvalue weighted by Crippen LogP contribution is 2.20. The van der Waals surface area contributed by atoms with Crippen LogP contribution in [0.25, 0.3) is 0 Å². The van der Waals surface area contributed by atoms with Gasteiger partial charge in [0.2, 0.25) is 5.88 Å². The molecule has 1 aliphatic rings. The summed E-state index contributed by atoms with van der Waals surface area (Å²) in [5, 5.41) is 3.98. The maximum absolute atomic E-state index is 5.70. The molecule has 0 atom stereocenters. The Balaban J connectivity index is 2.07. The van der Waals surface area contributed by atoms with E-state index >= 15 is 0 Å². The Hall–Kier alpha value is -1.03.